The summed E-state index contributed by atoms with van der Waals surface area (Å²) >= 11 is 0. The van der Waals surface area contributed by atoms with Crippen LogP contribution in [0.2, 0.25) is 0 Å². The molecule has 1 unspecified atom stereocenters. The van der Waals surface area contributed by atoms with Crippen LogP contribution in [0.1, 0.15) is 25.7 Å². The average Bonchev–Trinajstić information content (AvgIpc) is 3.07. The third-order valence-corrected chi connectivity index (χ3v) is 4.16. The second-order valence-corrected chi connectivity index (χ2v) is 5.41. The van der Waals surface area contributed by atoms with E-state index in [0.717, 1.165) is 18.5 Å². The van der Waals surface area contributed by atoms with Crippen molar-refractivity contribution in [2.24, 2.45) is 5.92 Å². The van der Waals surface area contributed by atoms with E-state index in [2.05, 4.69) is 0 Å². The first-order valence-electron chi connectivity index (χ1n) is 7.06. The predicted molar refractivity (Wildman–Crippen MR) is 76.6 cm³/mol. The minimum Gasteiger partial charge on any atom is -0.436 e. The molecule has 0 aromatic heterocycles. The van der Waals surface area contributed by atoms with Crippen LogP contribution in [0.3, 0.4) is 0 Å². The van der Waals surface area contributed by atoms with Gasteiger partial charge in [-0.25, -0.2) is 4.79 Å². The summed E-state index contributed by atoms with van der Waals surface area (Å²) < 4.78 is 5.43. The first-order chi connectivity index (χ1) is 9.68. The number of nitrogens with one attached hydrogen (secondary N) is 1. The van der Waals surface area contributed by atoms with Gasteiger partial charge >= 0.3 is 6.09 Å². The number of ether oxygens (including phenoxy) is 1. The Morgan fingerprint density at radius 3 is 2.55 bits per heavy atom. The van der Waals surface area contributed by atoms with E-state index in [1.54, 1.807) is 12.1 Å². The fraction of sp³-hybridized carbons (Fsp3) is 0.467. The molecule has 1 atom stereocenters. The van der Waals surface area contributed by atoms with Crippen LogP contribution in [0.25, 0.3) is 0 Å². The Hall–Kier alpha value is -2.04. The van der Waals surface area contributed by atoms with E-state index >= 15 is 0 Å². The molecule has 1 saturated carbocycles. The van der Waals surface area contributed by atoms with Crippen LogP contribution in [-0.2, 0) is 4.74 Å². The second kappa shape index (κ2) is 5.15. The summed E-state index contributed by atoms with van der Waals surface area (Å²) in [5.74, 6) is 0.564. The monoisotopic (exact) mass is 273 g/mol. The first-order valence-corrected chi connectivity index (χ1v) is 7.06. The Morgan fingerprint density at radius 2 is 1.90 bits per heavy atom. The Labute approximate surface area is 118 Å². The number of rotatable bonds is 3. The predicted octanol–water partition coefficient (Wildman–Crippen LogP) is 3.03. The van der Waals surface area contributed by atoms with Gasteiger partial charge in [0.25, 0.3) is 0 Å². The molecule has 0 spiro atoms. The maximum absolute atomic E-state index is 12.1. The average molecular weight is 273 g/mol. The molecule has 1 aromatic rings. The van der Waals surface area contributed by atoms with Gasteiger partial charge in [-0.15, -0.1) is 0 Å². The number of amides is 1. The number of carbonyl (C=O) groups excluding carboxylic acids is 1. The van der Waals surface area contributed by atoms with Crippen LogP contribution in [0.5, 0.6) is 0 Å². The van der Waals surface area contributed by atoms with E-state index in [9.17, 15) is 4.79 Å². The Bertz CT molecular complexity index is 511. The van der Waals surface area contributed by atoms with E-state index in [1.807, 2.05) is 30.3 Å². The molecular weight excluding hydrogens is 254 g/mol. The number of hydrogen-bond acceptors (Lipinski definition) is 4. The third kappa shape index (κ3) is 2.13. The van der Waals surface area contributed by atoms with Crippen LogP contribution in [-0.4, -0.2) is 30.1 Å². The maximum Gasteiger partial charge on any atom is 0.435 e. The minimum atomic E-state index is -0.446. The number of anilines is 1. The molecule has 0 bridgehead atoms. The molecule has 1 N–H and O–H groups in total. The number of para-hydroxylation sites is 1. The van der Waals surface area contributed by atoms with Crippen molar-refractivity contribution >= 4 is 17.6 Å². The zero-order chi connectivity index (χ0) is 14.1. The number of cyclic esters (lactones) is 1. The van der Waals surface area contributed by atoms with Crippen molar-refractivity contribution < 1.29 is 9.53 Å². The zero-order valence-corrected chi connectivity index (χ0v) is 11.6. The summed E-state index contributed by atoms with van der Waals surface area (Å²) in [6, 6.07) is 9.55. The molecule has 5 heteroatoms. The summed E-state index contributed by atoms with van der Waals surface area (Å²) in [6.07, 6.45) is 3.60. The van der Waals surface area contributed by atoms with Crippen molar-refractivity contribution in [3.05, 3.63) is 30.3 Å². The Kier molecular flexibility index (Phi) is 3.34. The van der Waals surface area contributed by atoms with Gasteiger partial charge in [-0.2, -0.15) is 5.01 Å². The lowest BCUT2D eigenvalue weighted by Gasteiger charge is -2.27. The minimum absolute atomic E-state index is 0.258. The van der Waals surface area contributed by atoms with Crippen LogP contribution in [0, 0.1) is 11.3 Å². The number of carbonyl (C=O) groups is 1. The molecule has 1 aromatic carbocycles. The smallest absolute Gasteiger partial charge is 0.435 e. The van der Waals surface area contributed by atoms with E-state index in [0.29, 0.717) is 5.92 Å². The van der Waals surface area contributed by atoms with Crippen molar-refractivity contribution in [3.8, 4) is 0 Å². The molecule has 1 aliphatic heterocycles. The van der Waals surface area contributed by atoms with Gasteiger partial charge in [0.2, 0.25) is 0 Å². The molecule has 20 heavy (non-hydrogen) atoms. The Balaban J connectivity index is 1.80. The van der Waals surface area contributed by atoms with Gasteiger partial charge in [-0.3, -0.25) is 10.4 Å². The van der Waals surface area contributed by atoms with Crippen LogP contribution in [0.4, 0.5) is 10.5 Å². The number of hydrogen-bond donors (Lipinski definition) is 1. The number of benzene rings is 1. The van der Waals surface area contributed by atoms with Gasteiger partial charge in [0, 0.05) is 13.0 Å². The molecule has 1 saturated heterocycles. The van der Waals surface area contributed by atoms with Gasteiger partial charge in [-0.1, -0.05) is 31.0 Å². The van der Waals surface area contributed by atoms with Crippen LogP contribution >= 0.6 is 0 Å². The summed E-state index contributed by atoms with van der Waals surface area (Å²) in [4.78, 5) is 12.1. The maximum atomic E-state index is 12.1. The van der Waals surface area contributed by atoms with Gasteiger partial charge in [0.05, 0.1) is 5.69 Å². The first kappa shape index (κ1) is 13.0. The normalized spacial score (nSPS) is 23.2. The third-order valence-electron chi connectivity index (χ3n) is 4.16. The number of nitrogens with zero attached hydrogens (tertiary/aromatic N) is 2. The molecule has 106 valence electrons. The highest BCUT2D eigenvalue weighted by molar-refractivity contribution is 6.03. The molecule has 1 aliphatic carbocycles. The zero-order valence-electron chi connectivity index (χ0n) is 11.6. The van der Waals surface area contributed by atoms with E-state index < -0.39 is 6.09 Å². The fourth-order valence-corrected chi connectivity index (χ4v) is 3.06. The van der Waals surface area contributed by atoms with Gasteiger partial charge in [-0.05, 0) is 25.0 Å². The number of hydrazine groups is 1. The standard InChI is InChI=1S/C15H19N3O2/c1-17(12-9-3-2-4-10-12)18-14(16)13(20-15(18)19)11-7-5-6-8-11/h2-4,9-11,13,16H,5-8H2,1H3. The molecule has 5 nitrogen and oxygen atoms in total. The highest BCUT2D eigenvalue weighted by Crippen LogP contribution is 2.34. The fourth-order valence-electron chi connectivity index (χ4n) is 3.06. The van der Waals surface area contributed by atoms with Gasteiger partial charge < -0.3 is 4.74 Å². The van der Waals surface area contributed by atoms with Crippen molar-refractivity contribution in [1.82, 2.24) is 5.01 Å². The molecular formula is C15H19N3O2. The molecule has 1 amide bonds. The molecule has 0 radical (unpaired) electrons. The lowest BCUT2D eigenvalue weighted by Crippen LogP contribution is -2.45. The van der Waals surface area contributed by atoms with E-state index in [4.69, 9.17) is 10.1 Å². The quantitative estimate of drug-likeness (QED) is 0.921. The SMILES string of the molecule is CN(c1ccccc1)N1C(=N)C(C2CCCC2)OC1=O. The highest BCUT2D eigenvalue weighted by atomic mass is 16.6. The van der Waals surface area contributed by atoms with E-state index in [1.165, 1.54) is 17.9 Å². The molecule has 2 aliphatic rings. The number of amidine groups is 1. The van der Waals surface area contributed by atoms with Gasteiger partial charge in [0.1, 0.15) is 0 Å². The molecule has 1 heterocycles. The van der Waals surface area contributed by atoms with Crippen LogP contribution in [0.15, 0.2) is 30.3 Å². The Morgan fingerprint density at radius 1 is 1.25 bits per heavy atom. The van der Waals surface area contributed by atoms with Crippen molar-refractivity contribution in [2.75, 3.05) is 12.1 Å². The lowest BCUT2D eigenvalue weighted by molar-refractivity contribution is 0.111. The van der Waals surface area contributed by atoms with Crippen molar-refractivity contribution in [1.29, 1.82) is 5.41 Å². The van der Waals surface area contributed by atoms with E-state index in [-0.39, 0.29) is 11.9 Å². The highest BCUT2D eigenvalue weighted by Gasteiger charge is 2.44. The summed E-state index contributed by atoms with van der Waals surface area (Å²) in [5.41, 5.74) is 0.862. The lowest BCUT2D eigenvalue weighted by atomic mass is 10.0. The topological polar surface area (TPSA) is 56.6 Å². The van der Waals surface area contributed by atoms with Crippen LogP contribution < -0.4 is 5.01 Å². The second-order valence-electron chi connectivity index (χ2n) is 5.41. The molecule has 3 rings (SSSR count). The summed E-state index contributed by atoms with van der Waals surface area (Å²) in [5, 5.41) is 11.3. The summed E-state index contributed by atoms with van der Waals surface area (Å²) in [7, 11) is 1.78. The molecule has 2 fully saturated rings. The van der Waals surface area contributed by atoms with Gasteiger partial charge in [0.15, 0.2) is 11.9 Å². The van der Waals surface area contributed by atoms with Crippen molar-refractivity contribution in [2.45, 2.75) is 31.8 Å². The largest absolute Gasteiger partial charge is 0.436 e. The van der Waals surface area contributed by atoms with Crippen molar-refractivity contribution in [3.63, 3.8) is 0 Å². The summed E-state index contributed by atoms with van der Waals surface area (Å²) in [6.45, 7) is 0.